The molecule has 0 aromatic carbocycles. The van der Waals surface area contributed by atoms with Crippen molar-refractivity contribution in [3.05, 3.63) is 48.6 Å². The summed E-state index contributed by atoms with van der Waals surface area (Å²) in [7, 11) is 0. The Balaban J connectivity index is 4.06. The summed E-state index contributed by atoms with van der Waals surface area (Å²) in [6, 6.07) is 0. The monoisotopic (exact) mass is 1140 g/mol. The van der Waals surface area contributed by atoms with E-state index < -0.39 is 6.10 Å². The first-order valence-corrected chi connectivity index (χ1v) is 36.1. The molecule has 6 nitrogen and oxygen atoms in total. The molecule has 0 amide bonds. The van der Waals surface area contributed by atoms with Crippen molar-refractivity contribution in [2.45, 2.75) is 399 Å². The molecule has 81 heavy (non-hydrogen) atoms. The van der Waals surface area contributed by atoms with E-state index in [2.05, 4.69) is 63.3 Å². The normalized spacial score (nSPS) is 12.3. The van der Waals surface area contributed by atoms with Crippen molar-refractivity contribution < 1.29 is 28.6 Å². The predicted octanol–water partition coefficient (Wildman–Crippen LogP) is 24.9. The summed E-state index contributed by atoms with van der Waals surface area (Å²) in [5.74, 6) is -0.951. The number of hydrogen-bond donors (Lipinski definition) is 0. The molecule has 0 heterocycles. The number of carbonyl (C=O) groups excluding carboxylic acids is 3. The van der Waals surface area contributed by atoms with Crippen LogP contribution in [0.25, 0.3) is 0 Å². The van der Waals surface area contributed by atoms with Crippen LogP contribution in [0, 0.1) is 0 Å². The maximum atomic E-state index is 12.9. The summed E-state index contributed by atoms with van der Waals surface area (Å²) in [5, 5.41) is 0. The third-order valence-electron chi connectivity index (χ3n) is 16.4. The summed E-state index contributed by atoms with van der Waals surface area (Å²) < 4.78 is 16.9. The van der Waals surface area contributed by atoms with Crippen LogP contribution in [0.15, 0.2) is 48.6 Å². The highest BCUT2D eigenvalue weighted by atomic mass is 16.6. The molecule has 1 atom stereocenters. The van der Waals surface area contributed by atoms with Crippen LogP contribution in [-0.4, -0.2) is 37.2 Å². The molecular weight excluding hydrogens is 997 g/mol. The minimum absolute atomic E-state index is 0.0900. The van der Waals surface area contributed by atoms with Gasteiger partial charge in [-0.05, 0) is 44.9 Å². The van der Waals surface area contributed by atoms with E-state index in [1.807, 2.05) is 6.08 Å². The van der Waals surface area contributed by atoms with E-state index in [0.717, 1.165) is 64.2 Å². The average Bonchev–Trinajstić information content (AvgIpc) is 3.46. The molecule has 474 valence electrons. The summed E-state index contributed by atoms with van der Waals surface area (Å²) in [6.45, 7) is 6.53. The first-order chi connectivity index (χ1) is 40.0. The molecule has 0 aliphatic carbocycles. The van der Waals surface area contributed by atoms with Gasteiger partial charge >= 0.3 is 17.9 Å². The van der Waals surface area contributed by atoms with Gasteiger partial charge in [0.2, 0.25) is 0 Å². The SMILES string of the molecule is CC/C=C\C/C=C\C/C=C\C/C=C\CCC(=O)OCC(COC(=O)CCCCCCCCCCCCCCCCCCCCCCCCCCCCCCCCCCCCC)OC(=O)CCCCCCCCCCCCCCCCC. The van der Waals surface area contributed by atoms with Crippen molar-refractivity contribution in [3.63, 3.8) is 0 Å². The lowest BCUT2D eigenvalue weighted by atomic mass is 10.0. The minimum atomic E-state index is -0.799. The molecule has 0 radical (unpaired) electrons. The largest absolute Gasteiger partial charge is 0.462 e. The maximum Gasteiger partial charge on any atom is 0.306 e. The smallest absolute Gasteiger partial charge is 0.306 e. The van der Waals surface area contributed by atoms with Crippen LogP contribution in [0.2, 0.25) is 0 Å². The van der Waals surface area contributed by atoms with Gasteiger partial charge in [0.25, 0.3) is 0 Å². The van der Waals surface area contributed by atoms with Gasteiger partial charge in [-0.2, -0.15) is 0 Å². The molecule has 6 heteroatoms. The van der Waals surface area contributed by atoms with Crippen LogP contribution >= 0.6 is 0 Å². The quantitative estimate of drug-likeness (QED) is 0.0261. The third kappa shape index (κ3) is 68.0. The molecule has 0 aliphatic rings. The molecule has 0 saturated heterocycles. The van der Waals surface area contributed by atoms with Crippen LogP contribution in [-0.2, 0) is 28.6 Å². The fraction of sp³-hybridized carbons (Fsp3) is 0.853. The second kappa shape index (κ2) is 69.9. The fourth-order valence-corrected chi connectivity index (χ4v) is 11.0. The van der Waals surface area contributed by atoms with E-state index in [0.29, 0.717) is 19.3 Å². The van der Waals surface area contributed by atoms with E-state index >= 15 is 0 Å². The molecule has 0 aromatic heterocycles. The van der Waals surface area contributed by atoms with Gasteiger partial charge in [-0.15, -0.1) is 0 Å². The van der Waals surface area contributed by atoms with E-state index in [1.165, 1.54) is 283 Å². The summed E-state index contributed by atoms with van der Waals surface area (Å²) >= 11 is 0. The van der Waals surface area contributed by atoms with E-state index in [9.17, 15) is 14.4 Å². The Kier molecular flexibility index (Phi) is 67.6. The van der Waals surface area contributed by atoms with Gasteiger partial charge in [-0.25, -0.2) is 0 Å². The van der Waals surface area contributed by atoms with E-state index in [4.69, 9.17) is 14.2 Å². The second-order valence-electron chi connectivity index (χ2n) is 24.5. The standard InChI is InChI=1S/C75H138O6/c1-4-7-10-13-16-19-22-25-27-28-29-30-31-32-33-34-35-36-37-38-39-40-41-42-43-44-45-46-48-50-53-56-59-62-65-68-74(77)80-71-72(70-79-73(76)67-64-61-58-55-52-49-24-21-18-15-12-9-6-3)81-75(78)69-66-63-60-57-54-51-47-26-23-20-17-14-11-8-5-2/h9,12,18,21,49,52,58,61,72H,4-8,10-11,13-17,19-20,22-48,50-51,53-57,59-60,62-71H2,1-3H3/b12-9-,21-18-,52-49-,61-58-. The fourth-order valence-electron chi connectivity index (χ4n) is 11.0. The molecule has 0 spiro atoms. The Labute approximate surface area is 505 Å². The van der Waals surface area contributed by atoms with E-state index in [1.54, 1.807) is 0 Å². The van der Waals surface area contributed by atoms with Crippen LogP contribution in [0.1, 0.15) is 393 Å². The summed E-state index contributed by atoms with van der Waals surface area (Å²) in [5.41, 5.74) is 0. The van der Waals surface area contributed by atoms with Gasteiger partial charge in [0.1, 0.15) is 13.2 Å². The highest BCUT2D eigenvalue weighted by molar-refractivity contribution is 5.71. The molecule has 0 N–H and O–H groups in total. The summed E-state index contributed by atoms with van der Waals surface area (Å²) in [4.78, 5) is 38.3. The molecule has 1 unspecified atom stereocenters. The number of carbonyl (C=O) groups is 3. The average molecular weight is 1140 g/mol. The van der Waals surface area contributed by atoms with Gasteiger partial charge in [0, 0.05) is 19.3 Å². The number of hydrogen-bond acceptors (Lipinski definition) is 6. The van der Waals surface area contributed by atoms with Crippen LogP contribution < -0.4 is 0 Å². The Morgan fingerprint density at radius 3 is 0.753 bits per heavy atom. The lowest BCUT2D eigenvalue weighted by Gasteiger charge is -2.18. The Bertz CT molecular complexity index is 1400. The van der Waals surface area contributed by atoms with Crippen molar-refractivity contribution in [3.8, 4) is 0 Å². The molecular formula is C75H138O6. The van der Waals surface area contributed by atoms with Gasteiger partial charge in [0.15, 0.2) is 6.10 Å². The van der Waals surface area contributed by atoms with Gasteiger partial charge in [0.05, 0.1) is 0 Å². The van der Waals surface area contributed by atoms with Crippen molar-refractivity contribution >= 4 is 17.9 Å². The minimum Gasteiger partial charge on any atom is -0.462 e. The van der Waals surface area contributed by atoms with Crippen molar-refractivity contribution in [2.75, 3.05) is 13.2 Å². The van der Waals surface area contributed by atoms with Crippen molar-refractivity contribution in [1.29, 1.82) is 0 Å². The van der Waals surface area contributed by atoms with Gasteiger partial charge in [-0.1, -0.05) is 378 Å². The van der Waals surface area contributed by atoms with Crippen LogP contribution in [0.4, 0.5) is 0 Å². The third-order valence-corrected chi connectivity index (χ3v) is 16.4. The zero-order chi connectivity index (χ0) is 58.5. The molecule has 0 aliphatic heterocycles. The lowest BCUT2D eigenvalue weighted by Crippen LogP contribution is -2.30. The Morgan fingerprint density at radius 2 is 0.481 bits per heavy atom. The molecule has 0 rings (SSSR count). The van der Waals surface area contributed by atoms with Crippen LogP contribution in [0.5, 0.6) is 0 Å². The number of allylic oxidation sites excluding steroid dienone is 8. The van der Waals surface area contributed by atoms with Crippen LogP contribution in [0.3, 0.4) is 0 Å². The van der Waals surface area contributed by atoms with Crippen molar-refractivity contribution in [1.82, 2.24) is 0 Å². The maximum absolute atomic E-state index is 12.9. The second-order valence-corrected chi connectivity index (χ2v) is 24.5. The number of unbranched alkanes of at least 4 members (excludes halogenated alkanes) is 48. The highest BCUT2D eigenvalue weighted by Gasteiger charge is 2.19. The molecule has 0 aromatic rings. The number of esters is 3. The zero-order valence-electron chi connectivity index (χ0n) is 54.6. The first kappa shape index (κ1) is 78.4. The van der Waals surface area contributed by atoms with Crippen molar-refractivity contribution in [2.24, 2.45) is 0 Å². The van der Waals surface area contributed by atoms with Gasteiger partial charge in [-0.3, -0.25) is 14.4 Å². The molecule has 0 fully saturated rings. The molecule has 0 saturated carbocycles. The zero-order valence-corrected chi connectivity index (χ0v) is 54.6. The molecule has 0 bridgehead atoms. The Morgan fingerprint density at radius 1 is 0.259 bits per heavy atom. The predicted molar refractivity (Wildman–Crippen MR) is 353 cm³/mol. The summed E-state index contributed by atoms with van der Waals surface area (Å²) in [6.07, 6.45) is 89.1. The Hall–Kier alpha value is -2.63. The number of ether oxygens (including phenoxy) is 3. The lowest BCUT2D eigenvalue weighted by molar-refractivity contribution is -0.166. The number of rotatable bonds is 67. The van der Waals surface area contributed by atoms with E-state index in [-0.39, 0.29) is 37.5 Å². The van der Waals surface area contributed by atoms with Gasteiger partial charge < -0.3 is 14.2 Å². The topological polar surface area (TPSA) is 78.9 Å². The highest BCUT2D eigenvalue weighted by Crippen LogP contribution is 2.19. The first-order valence-electron chi connectivity index (χ1n) is 36.1.